The first kappa shape index (κ1) is 8.97. The fraction of sp³-hybridized carbons (Fsp3) is 0. The Hall–Kier alpha value is -1.12. The van der Waals surface area contributed by atoms with Crippen molar-refractivity contribution in [3.8, 4) is 0 Å². The fourth-order valence-electron chi connectivity index (χ4n) is 0.645. The highest BCUT2D eigenvalue weighted by Gasteiger charge is 2.13. The van der Waals surface area contributed by atoms with Crippen molar-refractivity contribution in [2.24, 2.45) is 0 Å². The van der Waals surface area contributed by atoms with Gasteiger partial charge in [-0.2, -0.15) is 0 Å². The van der Waals surface area contributed by atoms with Crippen LogP contribution in [0.4, 0.5) is 11.5 Å². The topological polar surface area (TPSA) is 102 Å². The normalized spacial score (nSPS) is 9.75. The molecular formula is C5H4IN3O3. The average molecular weight is 281 g/mol. The standard InChI is InChI=1S/C5H4IN3O3/c6-2-1-3(9(11)12)5(10)8-4(2)7/h1H,(H3,7,8,10). The smallest absolute Gasteiger partial charge is 0.335 e. The van der Waals surface area contributed by atoms with Crippen LogP contribution in [-0.4, -0.2) is 9.91 Å². The van der Waals surface area contributed by atoms with E-state index < -0.39 is 16.2 Å². The lowest BCUT2D eigenvalue weighted by Gasteiger charge is -1.95. The van der Waals surface area contributed by atoms with Crippen LogP contribution in [0.1, 0.15) is 0 Å². The summed E-state index contributed by atoms with van der Waals surface area (Å²) in [7, 11) is 0. The summed E-state index contributed by atoms with van der Waals surface area (Å²) in [5.41, 5.74) is 4.03. The van der Waals surface area contributed by atoms with E-state index in [1.807, 2.05) is 0 Å². The number of rotatable bonds is 1. The SMILES string of the molecule is Nc1[nH]c(=O)c([N+](=O)[O-])cc1I. The summed E-state index contributed by atoms with van der Waals surface area (Å²) in [4.78, 5) is 22.5. The second-order valence-corrected chi connectivity index (χ2v) is 3.16. The van der Waals surface area contributed by atoms with Crippen LogP contribution in [-0.2, 0) is 0 Å². The molecule has 0 aliphatic carbocycles. The number of aromatic amines is 1. The van der Waals surface area contributed by atoms with Crippen molar-refractivity contribution in [2.45, 2.75) is 0 Å². The van der Waals surface area contributed by atoms with Gasteiger partial charge in [0.05, 0.1) is 8.49 Å². The molecule has 0 spiro atoms. The first-order valence-corrected chi connectivity index (χ1v) is 3.93. The highest BCUT2D eigenvalue weighted by Crippen LogP contribution is 2.14. The predicted molar refractivity (Wildman–Crippen MR) is 50.8 cm³/mol. The third-order valence-corrected chi connectivity index (χ3v) is 2.09. The number of hydrogen-bond donors (Lipinski definition) is 2. The molecule has 0 saturated heterocycles. The molecule has 1 rings (SSSR count). The van der Waals surface area contributed by atoms with Crippen LogP contribution in [0.15, 0.2) is 10.9 Å². The molecule has 6 nitrogen and oxygen atoms in total. The minimum Gasteiger partial charge on any atom is -0.384 e. The van der Waals surface area contributed by atoms with E-state index in [0.717, 1.165) is 6.07 Å². The van der Waals surface area contributed by atoms with Gasteiger partial charge in [0.1, 0.15) is 5.82 Å². The van der Waals surface area contributed by atoms with Crippen molar-refractivity contribution in [3.63, 3.8) is 0 Å². The zero-order valence-electron chi connectivity index (χ0n) is 5.70. The molecule has 3 N–H and O–H groups in total. The molecule has 0 bridgehead atoms. The molecule has 12 heavy (non-hydrogen) atoms. The van der Waals surface area contributed by atoms with Gasteiger partial charge in [-0.05, 0) is 22.6 Å². The lowest BCUT2D eigenvalue weighted by Crippen LogP contribution is -2.14. The minimum atomic E-state index is -0.780. The zero-order chi connectivity index (χ0) is 9.30. The second kappa shape index (κ2) is 3.09. The van der Waals surface area contributed by atoms with Crippen molar-refractivity contribution in [2.75, 3.05) is 5.73 Å². The maximum absolute atomic E-state index is 10.9. The van der Waals surface area contributed by atoms with Crippen LogP contribution in [0.2, 0.25) is 0 Å². The summed E-state index contributed by atoms with van der Waals surface area (Å²) in [6.45, 7) is 0. The highest BCUT2D eigenvalue weighted by molar-refractivity contribution is 14.1. The van der Waals surface area contributed by atoms with Crippen LogP contribution in [0, 0.1) is 13.7 Å². The van der Waals surface area contributed by atoms with E-state index in [1.54, 1.807) is 22.6 Å². The average Bonchev–Trinajstić information content (AvgIpc) is 1.96. The van der Waals surface area contributed by atoms with Gasteiger partial charge in [0.25, 0.3) is 0 Å². The molecule has 0 amide bonds. The van der Waals surface area contributed by atoms with Gasteiger partial charge >= 0.3 is 11.2 Å². The Labute approximate surface area is 80.1 Å². The van der Waals surface area contributed by atoms with Gasteiger partial charge in [-0.3, -0.25) is 14.9 Å². The van der Waals surface area contributed by atoms with Crippen molar-refractivity contribution >= 4 is 34.1 Å². The third-order valence-electron chi connectivity index (χ3n) is 1.20. The first-order valence-electron chi connectivity index (χ1n) is 2.85. The van der Waals surface area contributed by atoms with Crippen LogP contribution in [0.25, 0.3) is 0 Å². The van der Waals surface area contributed by atoms with E-state index in [1.165, 1.54) is 0 Å². The Morgan fingerprint density at radius 1 is 1.67 bits per heavy atom. The minimum absolute atomic E-state index is 0.145. The number of H-pyrrole nitrogens is 1. The number of nitrogens with one attached hydrogen (secondary N) is 1. The van der Waals surface area contributed by atoms with Crippen LogP contribution in [0.5, 0.6) is 0 Å². The van der Waals surface area contributed by atoms with Gasteiger partial charge in [-0.15, -0.1) is 0 Å². The molecule has 0 fully saturated rings. The molecule has 0 atom stereocenters. The Balaban J connectivity index is 3.43. The summed E-state index contributed by atoms with van der Waals surface area (Å²) in [5, 5.41) is 10.2. The van der Waals surface area contributed by atoms with Crippen LogP contribution in [0.3, 0.4) is 0 Å². The van der Waals surface area contributed by atoms with Gasteiger partial charge in [0, 0.05) is 6.07 Å². The molecule has 0 aliphatic heterocycles. The quantitative estimate of drug-likeness (QED) is 0.443. The number of nitrogens with two attached hydrogens (primary N) is 1. The molecule has 0 unspecified atom stereocenters. The molecule has 0 aliphatic rings. The zero-order valence-corrected chi connectivity index (χ0v) is 7.86. The number of nitrogens with zero attached hydrogens (tertiary/aromatic N) is 1. The second-order valence-electron chi connectivity index (χ2n) is 2.00. The number of aromatic nitrogens is 1. The van der Waals surface area contributed by atoms with E-state index in [2.05, 4.69) is 4.98 Å². The fourth-order valence-corrected chi connectivity index (χ4v) is 1.07. The van der Waals surface area contributed by atoms with Crippen molar-refractivity contribution in [3.05, 3.63) is 30.1 Å². The van der Waals surface area contributed by atoms with E-state index in [-0.39, 0.29) is 5.82 Å². The van der Waals surface area contributed by atoms with E-state index in [0.29, 0.717) is 3.57 Å². The summed E-state index contributed by atoms with van der Waals surface area (Å²) in [6, 6.07) is 1.13. The van der Waals surface area contributed by atoms with E-state index >= 15 is 0 Å². The summed E-state index contributed by atoms with van der Waals surface area (Å²) < 4.78 is 0.457. The Morgan fingerprint density at radius 3 is 2.75 bits per heavy atom. The van der Waals surface area contributed by atoms with Crippen molar-refractivity contribution in [1.82, 2.24) is 4.98 Å². The number of nitrogen functional groups attached to an aromatic ring is 1. The third kappa shape index (κ3) is 1.55. The Kier molecular flexibility index (Phi) is 2.31. The van der Waals surface area contributed by atoms with Crippen LogP contribution >= 0.6 is 22.6 Å². The molecule has 0 aromatic carbocycles. The number of pyridine rings is 1. The lowest BCUT2D eigenvalue weighted by molar-refractivity contribution is -0.386. The first-order chi connectivity index (χ1) is 5.52. The largest absolute Gasteiger partial charge is 0.384 e. The molecular weight excluding hydrogens is 277 g/mol. The molecule has 1 aromatic heterocycles. The lowest BCUT2D eigenvalue weighted by atomic mass is 10.4. The van der Waals surface area contributed by atoms with E-state index in [9.17, 15) is 14.9 Å². The van der Waals surface area contributed by atoms with Gasteiger partial charge in [0.15, 0.2) is 0 Å². The molecule has 64 valence electrons. The monoisotopic (exact) mass is 281 g/mol. The molecule has 0 radical (unpaired) electrons. The van der Waals surface area contributed by atoms with Crippen molar-refractivity contribution < 1.29 is 4.92 Å². The molecule has 7 heteroatoms. The maximum atomic E-state index is 10.9. The number of halogens is 1. The van der Waals surface area contributed by atoms with Gasteiger partial charge in [-0.1, -0.05) is 0 Å². The number of anilines is 1. The van der Waals surface area contributed by atoms with E-state index in [4.69, 9.17) is 5.73 Å². The molecule has 1 heterocycles. The van der Waals surface area contributed by atoms with Gasteiger partial charge < -0.3 is 10.7 Å². The molecule has 1 aromatic rings. The van der Waals surface area contributed by atoms with Crippen molar-refractivity contribution in [1.29, 1.82) is 0 Å². The molecule has 0 saturated carbocycles. The van der Waals surface area contributed by atoms with Crippen LogP contribution < -0.4 is 11.3 Å². The number of hydrogen-bond acceptors (Lipinski definition) is 4. The maximum Gasteiger partial charge on any atom is 0.335 e. The predicted octanol–water partition coefficient (Wildman–Crippen LogP) is 0.470. The summed E-state index contributed by atoms with van der Waals surface area (Å²) in [5.74, 6) is 0.145. The highest BCUT2D eigenvalue weighted by atomic mass is 127. The summed E-state index contributed by atoms with van der Waals surface area (Å²) >= 11 is 1.80. The number of nitro groups is 1. The summed E-state index contributed by atoms with van der Waals surface area (Å²) in [6.07, 6.45) is 0. The Bertz CT molecular complexity index is 386. The van der Waals surface area contributed by atoms with Gasteiger partial charge in [-0.25, -0.2) is 0 Å². The Morgan fingerprint density at radius 2 is 2.25 bits per heavy atom. The van der Waals surface area contributed by atoms with Gasteiger partial charge in [0.2, 0.25) is 0 Å².